The second kappa shape index (κ2) is 12.7. The van der Waals surface area contributed by atoms with Gasteiger partial charge in [-0.15, -0.1) is 0 Å². The molecule has 0 spiro atoms. The van der Waals surface area contributed by atoms with Crippen LogP contribution in [0.1, 0.15) is 39.9 Å². The van der Waals surface area contributed by atoms with Gasteiger partial charge in [-0.05, 0) is 58.8 Å². The monoisotopic (exact) mass is 725 g/mol. The van der Waals surface area contributed by atoms with Crippen molar-refractivity contribution in [1.82, 2.24) is 5.32 Å². The van der Waals surface area contributed by atoms with Crippen molar-refractivity contribution in [1.29, 1.82) is 0 Å². The van der Waals surface area contributed by atoms with E-state index in [4.69, 9.17) is 23.2 Å². The van der Waals surface area contributed by atoms with Gasteiger partial charge in [0.15, 0.2) is 9.84 Å². The third kappa shape index (κ3) is 10.0. The van der Waals surface area contributed by atoms with E-state index in [0.717, 1.165) is 19.1 Å². The minimum Gasteiger partial charge on any atom is -0.349 e. The Morgan fingerprint density at radius 2 is 1.61 bits per heavy atom. The third-order valence-corrected chi connectivity index (χ3v) is 8.57. The molecule has 0 fully saturated rings. The SMILES string of the molecule is CC(CS(=O)(=O)CC(F)(F)F)NC(=O)c1ccc(/C(F)=C/C(c2cc(Cl)c(Cl)c(Br)c2)C(F)(F)F)cc1C(F)(F)F. The van der Waals surface area contributed by atoms with Crippen molar-refractivity contribution in [2.24, 2.45) is 0 Å². The fourth-order valence-corrected chi connectivity index (χ4v) is 5.93. The lowest BCUT2D eigenvalue weighted by Gasteiger charge is -2.20. The number of halogens is 13. The topological polar surface area (TPSA) is 63.2 Å². The highest BCUT2D eigenvalue weighted by Crippen LogP contribution is 2.43. The van der Waals surface area contributed by atoms with Crippen LogP contribution in [0.3, 0.4) is 0 Å². The molecule has 4 nitrogen and oxygen atoms in total. The number of amides is 1. The van der Waals surface area contributed by atoms with Gasteiger partial charge in [-0.25, -0.2) is 12.8 Å². The van der Waals surface area contributed by atoms with Crippen LogP contribution in [0.2, 0.25) is 10.0 Å². The van der Waals surface area contributed by atoms with Gasteiger partial charge in [0.25, 0.3) is 5.91 Å². The van der Waals surface area contributed by atoms with Gasteiger partial charge in [-0.2, -0.15) is 39.5 Å². The molecule has 228 valence electrons. The minimum absolute atomic E-state index is 0.00514. The van der Waals surface area contributed by atoms with E-state index in [9.17, 15) is 57.1 Å². The molecule has 0 aliphatic heterocycles. The Balaban J connectivity index is 2.46. The maximum atomic E-state index is 15.0. The summed E-state index contributed by atoms with van der Waals surface area (Å²) in [6.45, 7) is 0.925. The molecule has 1 N–H and O–H groups in total. The molecule has 0 bridgehead atoms. The lowest BCUT2D eigenvalue weighted by Crippen LogP contribution is -2.40. The molecule has 2 rings (SSSR count). The van der Waals surface area contributed by atoms with Crippen LogP contribution in [-0.2, 0) is 16.0 Å². The number of nitrogens with one attached hydrogen (secondary N) is 1. The number of hydrogen-bond donors (Lipinski definition) is 1. The maximum absolute atomic E-state index is 15.0. The first-order chi connectivity index (χ1) is 18.4. The summed E-state index contributed by atoms with van der Waals surface area (Å²) in [7, 11) is -4.81. The summed E-state index contributed by atoms with van der Waals surface area (Å²) in [5.41, 5.74) is -4.59. The number of benzene rings is 2. The molecule has 2 aromatic carbocycles. The van der Waals surface area contributed by atoms with Gasteiger partial charge in [0, 0.05) is 16.1 Å². The molecule has 0 aromatic heterocycles. The Morgan fingerprint density at radius 1 is 1.02 bits per heavy atom. The highest BCUT2D eigenvalue weighted by atomic mass is 79.9. The van der Waals surface area contributed by atoms with Gasteiger partial charge in [-0.3, -0.25) is 4.79 Å². The smallest absolute Gasteiger partial charge is 0.349 e. The lowest BCUT2D eigenvalue weighted by molar-refractivity contribution is -0.140. The largest absolute Gasteiger partial charge is 0.417 e. The van der Waals surface area contributed by atoms with Gasteiger partial charge in [0.05, 0.1) is 26.9 Å². The van der Waals surface area contributed by atoms with Gasteiger partial charge in [0.1, 0.15) is 17.5 Å². The maximum Gasteiger partial charge on any atom is 0.417 e. The van der Waals surface area contributed by atoms with Gasteiger partial charge in [-0.1, -0.05) is 29.3 Å². The molecular weight excluding hydrogens is 711 g/mol. The van der Waals surface area contributed by atoms with Crippen molar-refractivity contribution >= 4 is 60.7 Å². The summed E-state index contributed by atoms with van der Waals surface area (Å²) in [6.07, 6.45) is -15.6. The highest BCUT2D eigenvalue weighted by molar-refractivity contribution is 9.10. The van der Waals surface area contributed by atoms with E-state index in [2.05, 4.69) is 15.9 Å². The zero-order valence-electron chi connectivity index (χ0n) is 20.1. The zero-order chi connectivity index (χ0) is 31.7. The summed E-state index contributed by atoms with van der Waals surface area (Å²) in [4.78, 5) is 12.4. The first-order valence-corrected chi connectivity index (χ1v) is 14.2. The van der Waals surface area contributed by atoms with E-state index >= 15 is 0 Å². The molecule has 0 heterocycles. The van der Waals surface area contributed by atoms with Crippen LogP contribution in [0.15, 0.2) is 40.9 Å². The summed E-state index contributed by atoms with van der Waals surface area (Å²) < 4.78 is 158. The van der Waals surface area contributed by atoms with Crippen LogP contribution < -0.4 is 5.32 Å². The molecule has 2 atom stereocenters. The predicted octanol–water partition coefficient (Wildman–Crippen LogP) is 8.53. The minimum atomic E-state index is -5.35. The van der Waals surface area contributed by atoms with Gasteiger partial charge in [0.2, 0.25) is 0 Å². The second-order valence-electron chi connectivity index (χ2n) is 8.63. The molecule has 41 heavy (non-hydrogen) atoms. The number of alkyl halides is 9. The average Bonchev–Trinajstić information content (AvgIpc) is 2.76. The number of rotatable bonds is 8. The van der Waals surface area contributed by atoms with E-state index in [0.29, 0.717) is 12.1 Å². The molecule has 2 aromatic rings. The average molecular weight is 727 g/mol. The number of carbonyl (C=O) groups is 1. The fourth-order valence-electron chi connectivity index (χ4n) is 3.53. The molecule has 1 amide bonds. The standard InChI is InChI=1S/C23H16BrCl2F10NO3S/c1-10(8-41(39,40)9-21(28,29)30)37-20(38)13-3-2-11(4-15(13)23(34,35)36)18(27)7-14(22(31,32)33)12-5-16(24)19(26)17(25)6-12/h2-7,10,14H,8-9H2,1H3,(H,37,38)/b18-7-. The molecule has 2 unspecified atom stereocenters. The van der Waals surface area contributed by atoms with Gasteiger partial charge >= 0.3 is 18.5 Å². The molecule has 0 radical (unpaired) electrons. The normalized spacial score (nSPS) is 15.0. The number of sulfone groups is 1. The van der Waals surface area contributed by atoms with E-state index in [1.165, 1.54) is 0 Å². The van der Waals surface area contributed by atoms with Crippen molar-refractivity contribution in [2.75, 3.05) is 11.5 Å². The van der Waals surface area contributed by atoms with Crippen LogP contribution in [0.25, 0.3) is 5.83 Å². The Labute approximate surface area is 244 Å². The first kappa shape index (κ1) is 35.2. The molecule has 18 heteroatoms. The summed E-state index contributed by atoms with van der Waals surface area (Å²) in [5.74, 6) is -9.51. The fraction of sp³-hybridized carbons (Fsp3) is 0.348. The predicted molar refractivity (Wildman–Crippen MR) is 135 cm³/mol. The van der Waals surface area contributed by atoms with Crippen molar-refractivity contribution < 1.29 is 57.1 Å². The third-order valence-electron chi connectivity index (χ3n) is 5.14. The van der Waals surface area contributed by atoms with Crippen LogP contribution in [-0.4, -0.2) is 44.2 Å². The second-order valence-corrected chi connectivity index (χ2v) is 12.4. The molecule has 0 saturated heterocycles. The lowest BCUT2D eigenvalue weighted by atomic mass is 9.95. The van der Waals surface area contributed by atoms with Crippen LogP contribution >= 0.6 is 39.1 Å². The Morgan fingerprint density at radius 3 is 2.10 bits per heavy atom. The summed E-state index contributed by atoms with van der Waals surface area (Å²) in [5, 5.41) is 1.35. The van der Waals surface area contributed by atoms with Crippen LogP contribution in [0.5, 0.6) is 0 Å². The molecule has 0 aliphatic rings. The van der Waals surface area contributed by atoms with Crippen molar-refractivity contribution in [3.63, 3.8) is 0 Å². The quantitative estimate of drug-likeness (QED) is 0.219. The van der Waals surface area contributed by atoms with E-state index in [1.54, 1.807) is 0 Å². The van der Waals surface area contributed by atoms with Gasteiger partial charge < -0.3 is 5.32 Å². The van der Waals surface area contributed by atoms with Crippen molar-refractivity contribution in [2.45, 2.75) is 37.4 Å². The molecule has 0 aliphatic carbocycles. The first-order valence-electron chi connectivity index (χ1n) is 10.8. The summed E-state index contributed by atoms with van der Waals surface area (Å²) >= 11 is 14.5. The number of carbonyl (C=O) groups excluding carboxylic acids is 1. The van der Waals surface area contributed by atoms with Crippen LogP contribution in [0.4, 0.5) is 43.9 Å². The highest BCUT2D eigenvalue weighted by Gasteiger charge is 2.41. The van der Waals surface area contributed by atoms with Crippen molar-refractivity contribution in [3.8, 4) is 0 Å². The molecule has 0 saturated carbocycles. The zero-order valence-corrected chi connectivity index (χ0v) is 24.0. The van der Waals surface area contributed by atoms with E-state index in [-0.39, 0.29) is 26.7 Å². The summed E-state index contributed by atoms with van der Waals surface area (Å²) in [6, 6.07) is 1.16. The van der Waals surface area contributed by atoms with E-state index < -0.39 is 85.8 Å². The van der Waals surface area contributed by atoms with Crippen molar-refractivity contribution in [3.05, 3.63) is 73.2 Å². The Bertz CT molecular complexity index is 1420. The number of allylic oxidation sites excluding steroid dienone is 1. The number of hydrogen-bond acceptors (Lipinski definition) is 3. The van der Waals surface area contributed by atoms with Crippen LogP contribution in [0, 0.1) is 0 Å². The van der Waals surface area contributed by atoms with E-state index in [1.807, 2.05) is 5.32 Å². The Kier molecular flexibility index (Phi) is 10.9. The Hall–Kier alpha value is -2.04. The molecular formula is C23H16BrCl2F10NO3S.